The predicted octanol–water partition coefficient (Wildman–Crippen LogP) is 5.07. The minimum atomic E-state index is -0.451. The quantitative estimate of drug-likeness (QED) is 0.610. The van der Waals surface area contributed by atoms with Gasteiger partial charge in [0.05, 0.1) is 5.56 Å². The summed E-state index contributed by atoms with van der Waals surface area (Å²) in [6.07, 6.45) is 9.00. The van der Waals surface area contributed by atoms with Crippen molar-refractivity contribution >= 4 is 5.97 Å². The normalized spacial score (nSPS) is 19.4. The van der Waals surface area contributed by atoms with Crippen molar-refractivity contribution in [2.45, 2.75) is 65.4 Å². The van der Waals surface area contributed by atoms with Gasteiger partial charge in [0, 0.05) is 5.56 Å². The lowest BCUT2D eigenvalue weighted by atomic mass is 9.96. The molecule has 2 aliphatic rings. The monoisotopic (exact) mass is 262 g/mol. The third kappa shape index (κ3) is 3.82. The van der Waals surface area contributed by atoms with Crippen LogP contribution in [0.25, 0.3) is 0 Å². The van der Waals surface area contributed by atoms with Crippen molar-refractivity contribution in [3.05, 3.63) is 35.4 Å². The van der Waals surface area contributed by atoms with Crippen LogP contribution in [0.5, 0.6) is 0 Å². The molecule has 0 saturated heterocycles. The van der Waals surface area contributed by atoms with Crippen LogP contribution < -0.4 is 0 Å². The molecule has 0 bridgehead atoms. The lowest BCUT2D eigenvalue weighted by molar-refractivity contribution is 0.00954. The van der Waals surface area contributed by atoms with E-state index in [1.165, 1.54) is 38.5 Å². The molecule has 1 fully saturated rings. The minimum Gasteiger partial charge on any atom is -0.451 e. The minimum absolute atomic E-state index is 0. The summed E-state index contributed by atoms with van der Waals surface area (Å²) in [6.45, 7) is 3.80. The summed E-state index contributed by atoms with van der Waals surface area (Å²) in [5.74, 6) is -0.212. The first-order chi connectivity index (χ1) is 8.61. The second kappa shape index (κ2) is 6.74. The van der Waals surface area contributed by atoms with Gasteiger partial charge in [0.15, 0.2) is 0 Å². The number of rotatable bonds is 0. The number of cyclic esters (lactones) is 1. The molecule has 0 atom stereocenters. The number of carbonyl (C=O) groups is 1. The topological polar surface area (TPSA) is 26.3 Å². The molecule has 0 amide bonds. The molecule has 3 rings (SSSR count). The van der Waals surface area contributed by atoms with Crippen molar-refractivity contribution in [3.8, 4) is 0 Å². The van der Waals surface area contributed by atoms with E-state index in [1.807, 2.05) is 32.0 Å². The number of carbonyl (C=O) groups excluding carboxylic acids is 1. The van der Waals surface area contributed by atoms with Crippen molar-refractivity contribution in [2.75, 3.05) is 0 Å². The standard InChI is InChI=1S/C10H10O2.C6H12.CH4/c1-10(2)8-6-4-3-5-7(8)9(11)12-10;1-2-4-6-5-3-1;/h3-6H,1-2H3;1-6H2;1H4. The van der Waals surface area contributed by atoms with Gasteiger partial charge in [-0.25, -0.2) is 4.79 Å². The van der Waals surface area contributed by atoms with Crippen LogP contribution in [0, 0.1) is 0 Å². The second-order valence-electron chi connectivity index (χ2n) is 5.57. The summed E-state index contributed by atoms with van der Waals surface area (Å²) in [4.78, 5) is 11.3. The Morgan fingerprint density at radius 3 is 1.89 bits per heavy atom. The number of ether oxygens (including phenoxy) is 1. The fourth-order valence-corrected chi connectivity index (χ4v) is 2.59. The van der Waals surface area contributed by atoms with Gasteiger partial charge in [0.25, 0.3) is 0 Å². The largest absolute Gasteiger partial charge is 0.451 e. The summed E-state index contributed by atoms with van der Waals surface area (Å²) < 4.78 is 5.18. The molecule has 0 unspecified atom stereocenters. The summed E-state index contributed by atoms with van der Waals surface area (Å²) in [7, 11) is 0. The molecule has 1 aliphatic heterocycles. The molecule has 0 aromatic heterocycles. The third-order valence-electron chi connectivity index (χ3n) is 3.64. The van der Waals surface area contributed by atoms with E-state index in [1.54, 1.807) is 6.07 Å². The number of hydrogen-bond donors (Lipinski definition) is 0. The number of benzene rings is 1. The third-order valence-corrected chi connectivity index (χ3v) is 3.64. The Hall–Kier alpha value is -1.31. The molecular formula is C17H26O2. The molecule has 0 radical (unpaired) electrons. The molecule has 1 saturated carbocycles. The zero-order chi connectivity index (χ0) is 13.0. The fourth-order valence-electron chi connectivity index (χ4n) is 2.59. The summed E-state index contributed by atoms with van der Waals surface area (Å²) >= 11 is 0. The smallest absolute Gasteiger partial charge is 0.339 e. The molecule has 0 N–H and O–H groups in total. The molecule has 1 aromatic carbocycles. The van der Waals surface area contributed by atoms with Crippen molar-refractivity contribution in [3.63, 3.8) is 0 Å². The zero-order valence-corrected chi connectivity index (χ0v) is 11.4. The van der Waals surface area contributed by atoms with Gasteiger partial charge < -0.3 is 4.74 Å². The van der Waals surface area contributed by atoms with Crippen LogP contribution in [0.2, 0.25) is 0 Å². The Labute approximate surface area is 117 Å². The highest BCUT2D eigenvalue weighted by Crippen LogP contribution is 2.35. The van der Waals surface area contributed by atoms with Crippen LogP contribution in [-0.4, -0.2) is 5.97 Å². The molecular weight excluding hydrogens is 236 g/mol. The highest BCUT2D eigenvalue weighted by Gasteiger charge is 2.36. The number of hydrogen-bond acceptors (Lipinski definition) is 2. The Morgan fingerprint density at radius 2 is 1.42 bits per heavy atom. The molecule has 2 nitrogen and oxygen atoms in total. The maximum Gasteiger partial charge on any atom is 0.339 e. The van der Waals surface area contributed by atoms with E-state index in [0.717, 1.165) is 5.56 Å². The highest BCUT2D eigenvalue weighted by atomic mass is 16.6. The fraction of sp³-hybridized carbons (Fsp3) is 0.588. The van der Waals surface area contributed by atoms with Gasteiger partial charge in [0.2, 0.25) is 0 Å². The Kier molecular flexibility index (Phi) is 5.59. The second-order valence-corrected chi connectivity index (χ2v) is 5.57. The van der Waals surface area contributed by atoms with E-state index < -0.39 is 5.60 Å². The van der Waals surface area contributed by atoms with Crippen LogP contribution in [0.4, 0.5) is 0 Å². The van der Waals surface area contributed by atoms with E-state index in [9.17, 15) is 4.79 Å². The Morgan fingerprint density at radius 1 is 0.947 bits per heavy atom. The van der Waals surface area contributed by atoms with Gasteiger partial charge in [-0.05, 0) is 19.9 Å². The van der Waals surface area contributed by atoms with Crippen molar-refractivity contribution in [1.82, 2.24) is 0 Å². The molecule has 1 heterocycles. The van der Waals surface area contributed by atoms with E-state index in [2.05, 4.69) is 0 Å². The van der Waals surface area contributed by atoms with Gasteiger partial charge in [-0.15, -0.1) is 0 Å². The highest BCUT2D eigenvalue weighted by molar-refractivity contribution is 5.94. The van der Waals surface area contributed by atoms with Crippen LogP contribution >= 0.6 is 0 Å². The predicted molar refractivity (Wildman–Crippen MR) is 79.3 cm³/mol. The zero-order valence-electron chi connectivity index (χ0n) is 11.4. The molecule has 1 aromatic rings. The van der Waals surface area contributed by atoms with Gasteiger partial charge in [-0.3, -0.25) is 0 Å². The first kappa shape index (κ1) is 15.7. The molecule has 19 heavy (non-hydrogen) atoms. The Balaban J connectivity index is 0.000000220. The molecule has 0 spiro atoms. The van der Waals surface area contributed by atoms with Crippen LogP contribution in [-0.2, 0) is 10.3 Å². The van der Waals surface area contributed by atoms with Crippen LogP contribution in [0.1, 0.15) is 75.7 Å². The summed E-state index contributed by atoms with van der Waals surface area (Å²) in [6, 6.07) is 7.50. The summed E-state index contributed by atoms with van der Waals surface area (Å²) in [5, 5.41) is 0. The van der Waals surface area contributed by atoms with E-state index in [4.69, 9.17) is 4.74 Å². The van der Waals surface area contributed by atoms with Crippen LogP contribution in [0.3, 0.4) is 0 Å². The van der Waals surface area contributed by atoms with Gasteiger partial charge in [-0.1, -0.05) is 64.2 Å². The van der Waals surface area contributed by atoms with Gasteiger partial charge in [-0.2, -0.15) is 0 Å². The number of esters is 1. The van der Waals surface area contributed by atoms with E-state index in [-0.39, 0.29) is 13.4 Å². The molecule has 2 heteroatoms. The molecule has 106 valence electrons. The first-order valence-corrected chi connectivity index (χ1v) is 6.94. The van der Waals surface area contributed by atoms with Crippen LogP contribution in [0.15, 0.2) is 24.3 Å². The average Bonchev–Trinajstić information content (AvgIpc) is 2.64. The number of fused-ring (bicyclic) bond motifs is 1. The van der Waals surface area contributed by atoms with E-state index >= 15 is 0 Å². The maximum atomic E-state index is 11.3. The van der Waals surface area contributed by atoms with Gasteiger partial charge in [0.1, 0.15) is 5.60 Å². The lowest BCUT2D eigenvalue weighted by Gasteiger charge is -2.16. The van der Waals surface area contributed by atoms with Crippen molar-refractivity contribution in [2.24, 2.45) is 0 Å². The molecule has 1 aliphatic carbocycles. The maximum absolute atomic E-state index is 11.3. The first-order valence-electron chi connectivity index (χ1n) is 6.94. The van der Waals surface area contributed by atoms with Crippen molar-refractivity contribution in [1.29, 1.82) is 0 Å². The van der Waals surface area contributed by atoms with Crippen molar-refractivity contribution < 1.29 is 9.53 Å². The Bertz CT molecular complexity index is 406. The summed E-state index contributed by atoms with van der Waals surface area (Å²) in [5.41, 5.74) is 1.23. The van der Waals surface area contributed by atoms with Gasteiger partial charge >= 0.3 is 5.97 Å². The SMILES string of the molecule is C.C1CCCCC1.CC1(C)OC(=O)c2ccccc21. The van der Waals surface area contributed by atoms with E-state index in [0.29, 0.717) is 5.56 Å². The lowest BCUT2D eigenvalue weighted by Crippen LogP contribution is -2.15. The average molecular weight is 262 g/mol.